The fourth-order valence-electron chi connectivity index (χ4n) is 2.03. The van der Waals surface area contributed by atoms with E-state index in [1.165, 1.54) is 12.1 Å². The van der Waals surface area contributed by atoms with Crippen LogP contribution in [0, 0.1) is 11.6 Å². The highest BCUT2D eigenvalue weighted by Crippen LogP contribution is 2.32. The van der Waals surface area contributed by atoms with Gasteiger partial charge in [0.2, 0.25) is 6.79 Å². The third-order valence-electron chi connectivity index (χ3n) is 3.09. The van der Waals surface area contributed by atoms with E-state index in [0.29, 0.717) is 17.1 Å². The van der Waals surface area contributed by atoms with Crippen molar-refractivity contribution < 1.29 is 23.0 Å². The third-order valence-corrected chi connectivity index (χ3v) is 3.09. The molecule has 2 aromatic rings. The van der Waals surface area contributed by atoms with Crippen molar-refractivity contribution in [1.82, 2.24) is 0 Å². The van der Waals surface area contributed by atoms with Crippen molar-refractivity contribution in [3.63, 3.8) is 0 Å². The molecule has 0 saturated carbocycles. The normalized spacial score (nSPS) is 12.5. The summed E-state index contributed by atoms with van der Waals surface area (Å²) in [6.45, 7) is 0.106. The largest absolute Gasteiger partial charge is 0.454 e. The molecule has 0 radical (unpaired) electrons. The zero-order chi connectivity index (χ0) is 14.1. The quantitative estimate of drug-likeness (QED) is 0.808. The topological polar surface area (TPSA) is 35.5 Å². The van der Waals surface area contributed by atoms with Crippen LogP contribution in [0.4, 0.5) is 8.78 Å². The van der Waals surface area contributed by atoms with Crippen LogP contribution in [-0.4, -0.2) is 12.6 Å². The van der Waals surface area contributed by atoms with Gasteiger partial charge in [0.25, 0.3) is 0 Å². The van der Waals surface area contributed by atoms with Gasteiger partial charge in [0.05, 0.1) is 0 Å². The summed E-state index contributed by atoms with van der Waals surface area (Å²) in [7, 11) is 0. The van der Waals surface area contributed by atoms with Gasteiger partial charge in [-0.1, -0.05) is 6.07 Å². The van der Waals surface area contributed by atoms with Crippen LogP contribution in [0.1, 0.15) is 15.9 Å². The number of carbonyl (C=O) groups is 1. The van der Waals surface area contributed by atoms with E-state index in [-0.39, 0.29) is 24.6 Å². The minimum absolute atomic E-state index is 0.106. The Morgan fingerprint density at radius 2 is 1.75 bits per heavy atom. The number of benzene rings is 2. The maximum atomic E-state index is 13.5. The van der Waals surface area contributed by atoms with E-state index in [1.54, 1.807) is 12.1 Å². The van der Waals surface area contributed by atoms with E-state index in [0.717, 1.165) is 12.1 Å². The first-order valence-corrected chi connectivity index (χ1v) is 6.01. The van der Waals surface area contributed by atoms with Crippen molar-refractivity contribution in [3.05, 3.63) is 59.2 Å². The lowest BCUT2D eigenvalue weighted by atomic mass is 10.0. The molecular formula is C15H10F2O3. The molecule has 1 aliphatic rings. The average molecular weight is 276 g/mol. The van der Waals surface area contributed by atoms with Crippen molar-refractivity contribution in [2.75, 3.05) is 6.79 Å². The standard InChI is InChI=1S/C15H10F2O3/c16-11-2-1-3-12(17)10(11)7-13(18)9-4-5-14-15(6-9)20-8-19-14/h1-6H,7-8H2. The predicted molar refractivity (Wildman–Crippen MR) is 67.0 cm³/mol. The molecule has 20 heavy (non-hydrogen) atoms. The maximum absolute atomic E-state index is 13.5. The molecule has 0 aliphatic carbocycles. The molecule has 1 heterocycles. The monoisotopic (exact) mass is 276 g/mol. The van der Waals surface area contributed by atoms with Crippen LogP contribution >= 0.6 is 0 Å². The Labute approximate surface area is 113 Å². The van der Waals surface area contributed by atoms with Crippen molar-refractivity contribution in [2.24, 2.45) is 0 Å². The van der Waals surface area contributed by atoms with Crippen molar-refractivity contribution >= 4 is 5.78 Å². The summed E-state index contributed by atoms with van der Waals surface area (Å²) in [5.41, 5.74) is 0.104. The van der Waals surface area contributed by atoms with E-state index in [4.69, 9.17) is 9.47 Å². The van der Waals surface area contributed by atoms with E-state index >= 15 is 0 Å². The molecule has 5 heteroatoms. The number of halogens is 2. The number of carbonyl (C=O) groups excluding carboxylic acids is 1. The molecule has 0 fully saturated rings. The summed E-state index contributed by atoms with van der Waals surface area (Å²) >= 11 is 0. The van der Waals surface area contributed by atoms with Crippen molar-refractivity contribution in [1.29, 1.82) is 0 Å². The Kier molecular flexibility index (Phi) is 3.10. The van der Waals surface area contributed by atoms with Gasteiger partial charge in [0, 0.05) is 17.5 Å². The van der Waals surface area contributed by atoms with E-state index < -0.39 is 11.6 Å². The van der Waals surface area contributed by atoms with E-state index in [2.05, 4.69) is 0 Å². The molecule has 0 amide bonds. The first-order chi connectivity index (χ1) is 9.65. The molecule has 1 aliphatic heterocycles. The van der Waals surface area contributed by atoms with Gasteiger partial charge in [-0.15, -0.1) is 0 Å². The zero-order valence-corrected chi connectivity index (χ0v) is 10.4. The first-order valence-electron chi connectivity index (χ1n) is 6.01. The molecular weight excluding hydrogens is 266 g/mol. The number of hydrogen-bond donors (Lipinski definition) is 0. The summed E-state index contributed by atoms with van der Waals surface area (Å²) in [5.74, 6) is -0.811. The number of ether oxygens (including phenoxy) is 2. The second kappa shape index (κ2) is 4.92. The van der Waals surface area contributed by atoms with Crippen molar-refractivity contribution in [3.8, 4) is 11.5 Å². The lowest BCUT2D eigenvalue weighted by Gasteiger charge is -2.05. The first kappa shape index (κ1) is 12.6. The number of rotatable bonds is 3. The highest BCUT2D eigenvalue weighted by molar-refractivity contribution is 5.98. The number of fused-ring (bicyclic) bond motifs is 1. The van der Waals surface area contributed by atoms with Crippen LogP contribution in [0.2, 0.25) is 0 Å². The molecule has 102 valence electrons. The second-order valence-corrected chi connectivity index (χ2v) is 4.37. The SMILES string of the molecule is O=C(Cc1c(F)cccc1F)c1ccc2c(c1)OCO2. The zero-order valence-electron chi connectivity index (χ0n) is 10.4. The van der Waals surface area contributed by atoms with Crippen LogP contribution in [-0.2, 0) is 6.42 Å². The molecule has 0 saturated heterocycles. The van der Waals surface area contributed by atoms with Gasteiger partial charge in [0.15, 0.2) is 17.3 Å². The maximum Gasteiger partial charge on any atom is 0.231 e. The molecule has 2 aromatic carbocycles. The molecule has 0 unspecified atom stereocenters. The Balaban J connectivity index is 1.86. The molecule has 0 aromatic heterocycles. The van der Waals surface area contributed by atoms with Crippen LogP contribution in [0.5, 0.6) is 11.5 Å². The van der Waals surface area contributed by atoms with Gasteiger partial charge >= 0.3 is 0 Å². The van der Waals surface area contributed by atoms with Gasteiger partial charge in [-0.2, -0.15) is 0 Å². The summed E-state index contributed by atoms with van der Waals surface area (Å²) in [4.78, 5) is 12.1. The lowest BCUT2D eigenvalue weighted by molar-refractivity contribution is 0.0990. The van der Waals surface area contributed by atoms with Gasteiger partial charge < -0.3 is 9.47 Å². The highest BCUT2D eigenvalue weighted by Gasteiger charge is 2.18. The van der Waals surface area contributed by atoms with Crippen LogP contribution in [0.25, 0.3) is 0 Å². The van der Waals surface area contributed by atoms with Gasteiger partial charge in [-0.3, -0.25) is 4.79 Å². The Hall–Kier alpha value is -2.43. The summed E-state index contributed by atoms with van der Waals surface area (Å²) in [5, 5.41) is 0. The summed E-state index contributed by atoms with van der Waals surface area (Å²) in [6, 6.07) is 8.20. The van der Waals surface area contributed by atoms with Gasteiger partial charge in [0.1, 0.15) is 11.6 Å². The average Bonchev–Trinajstić information content (AvgIpc) is 2.90. The minimum atomic E-state index is -0.723. The van der Waals surface area contributed by atoms with Crippen LogP contribution in [0.15, 0.2) is 36.4 Å². The molecule has 3 nitrogen and oxygen atoms in total. The fraction of sp³-hybridized carbons (Fsp3) is 0.133. The van der Waals surface area contributed by atoms with Gasteiger partial charge in [-0.25, -0.2) is 8.78 Å². The smallest absolute Gasteiger partial charge is 0.231 e. The molecule has 3 rings (SSSR count). The summed E-state index contributed by atoms with van der Waals surface area (Å²) < 4.78 is 37.3. The number of ketones is 1. The highest BCUT2D eigenvalue weighted by atomic mass is 19.1. The van der Waals surface area contributed by atoms with Crippen LogP contribution in [0.3, 0.4) is 0 Å². The Morgan fingerprint density at radius 1 is 1.05 bits per heavy atom. The minimum Gasteiger partial charge on any atom is -0.454 e. The fourth-order valence-corrected chi connectivity index (χ4v) is 2.03. The van der Waals surface area contributed by atoms with E-state index in [9.17, 15) is 13.6 Å². The lowest BCUT2D eigenvalue weighted by Crippen LogP contribution is -2.07. The van der Waals surface area contributed by atoms with Crippen molar-refractivity contribution in [2.45, 2.75) is 6.42 Å². The summed E-state index contributed by atoms with van der Waals surface area (Å²) in [6.07, 6.45) is -0.335. The molecule has 0 atom stereocenters. The van der Waals surface area contributed by atoms with Gasteiger partial charge in [-0.05, 0) is 30.3 Å². The molecule has 0 N–H and O–H groups in total. The number of Topliss-reactive ketones (excluding diaryl/α,β-unsaturated/α-hetero) is 1. The third kappa shape index (κ3) is 2.22. The Bertz CT molecular complexity index is 663. The Morgan fingerprint density at radius 3 is 2.50 bits per heavy atom. The predicted octanol–water partition coefficient (Wildman–Crippen LogP) is 3.12. The molecule has 0 spiro atoms. The van der Waals surface area contributed by atoms with E-state index in [1.807, 2.05) is 0 Å². The second-order valence-electron chi connectivity index (χ2n) is 4.37. The number of hydrogen-bond acceptors (Lipinski definition) is 3. The van der Waals surface area contributed by atoms with Crippen LogP contribution < -0.4 is 9.47 Å². The molecule has 0 bridgehead atoms.